The summed E-state index contributed by atoms with van der Waals surface area (Å²) in [4.78, 5) is 54.9. The second-order valence-corrected chi connectivity index (χ2v) is 14.8. The number of nitrogens with zero attached hydrogens (tertiary/aromatic N) is 4. The highest BCUT2D eigenvalue weighted by Crippen LogP contribution is 2.42. The third-order valence-corrected chi connectivity index (χ3v) is 10.1. The molecule has 61 heavy (non-hydrogen) atoms. The van der Waals surface area contributed by atoms with Gasteiger partial charge in [-0.1, -0.05) is 49.6 Å². The first-order chi connectivity index (χ1) is 29.4. The fraction of sp³-hybridized carbons (Fsp3) is 0.357. The summed E-state index contributed by atoms with van der Waals surface area (Å²) in [6, 6.07) is 7.43. The Morgan fingerprint density at radius 1 is 1.03 bits per heavy atom. The van der Waals surface area contributed by atoms with E-state index in [9.17, 15) is 28.0 Å². The van der Waals surface area contributed by atoms with E-state index in [1.54, 1.807) is 25.2 Å². The van der Waals surface area contributed by atoms with Gasteiger partial charge in [0, 0.05) is 28.9 Å². The maximum absolute atomic E-state index is 15.8. The fourth-order valence-corrected chi connectivity index (χ4v) is 7.12. The first kappa shape index (κ1) is 47.4. The number of aromatic nitrogens is 3. The number of rotatable bonds is 22. The number of carbonyl (C=O) groups is 4. The molecule has 0 spiro atoms. The molecule has 3 atom stereocenters. The van der Waals surface area contributed by atoms with Crippen molar-refractivity contribution in [3.8, 4) is 6.07 Å². The normalized spacial score (nSPS) is 17.0. The van der Waals surface area contributed by atoms with Crippen LogP contribution >= 0.6 is 11.8 Å². The predicted molar refractivity (Wildman–Crippen MR) is 214 cm³/mol. The van der Waals surface area contributed by atoms with E-state index in [-0.39, 0.29) is 74.4 Å². The molecule has 2 aromatic carbocycles. The van der Waals surface area contributed by atoms with Crippen LogP contribution in [0.25, 0.3) is 6.08 Å². The van der Waals surface area contributed by atoms with Crippen LogP contribution in [0.5, 0.6) is 0 Å². The zero-order valence-corrected chi connectivity index (χ0v) is 33.9. The lowest BCUT2D eigenvalue weighted by molar-refractivity contribution is -0.164. The van der Waals surface area contributed by atoms with Crippen LogP contribution in [0.2, 0.25) is 0 Å². The van der Waals surface area contributed by atoms with Crippen molar-refractivity contribution in [1.82, 2.24) is 20.1 Å². The molecule has 324 valence electrons. The van der Waals surface area contributed by atoms with Crippen molar-refractivity contribution in [3.05, 3.63) is 127 Å². The Labute approximate surface area is 354 Å². The number of ether oxygens (including phenoxy) is 6. The number of esters is 3. The molecule has 1 aliphatic rings. The number of allylic oxidation sites excluding steroid dienone is 2. The highest BCUT2D eigenvalue weighted by atomic mass is 32.2. The van der Waals surface area contributed by atoms with Crippen molar-refractivity contribution in [2.75, 3.05) is 33.0 Å². The summed E-state index contributed by atoms with van der Waals surface area (Å²) >= 11 is 1.27. The number of alkyl carbamates (subject to hydrolysis) is 1. The van der Waals surface area contributed by atoms with E-state index < -0.39 is 71.1 Å². The van der Waals surface area contributed by atoms with E-state index in [0.29, 0.717) is 6.07 Å². The van der Waals surface area contributed by atoms with Gasteiger partial charge in [0.1, 0.15) is 49.4 Å². The Morgan fingerprint density at radius 3 is 2.46 bits per heavy atom. The number of nitriles is 1. The second-order valence-electron chi connectivity index (χ2n) is 13.1. The van der Waals surface area contributed by atoms with E-state index >= 15 is 4.39 Å². The Bertz CT molecular complexity index is 2060. The summed E-state index contributed by atoms with van der Waals surface area (Å²) in [5.41, 5.74) is -1.47. The average molecular weight is 868 g/mol. The number of hydrogen-bond acceptors (Lipinski definition) is 14. The standard InChI is InChI=1S/C42H44F3N5O10S/c1-4-16-55-38(52)21-36(49-41(54)57-17-5-2)40(53)56-18-8-10-37(51)60-42(25-50-27-47-26-48-50,33-15-14-31(43)20-35(33)45)28(3)61-32-23-58-39(59-24-32)11-7-6-9-30-13-12-29(22-46)19-34(30)44/h4-7,9,11-15,19-20,26-28,32,36,39H,1-2,8,10,16-18,21,23-25H2,3H3,(H,49,54)/t28-,32?,36+,39?,42-/m1/s1. The van der Waals surface area contributed by atoms with Gasteiger partial charge in [-0.05, 0) is 43.7 Å². The average Bonchev–Trinajstić information content (AvgIpc) is 3.75. The number of halogens is 3. The molecule has 15 nitrogen and oxygen atoms in total. The largest absolute Gasteiger partial charge is 0.464 e. The number of benzene rings is 2. The molecule has 2 heterocycles. The highest BCUT2D eigenvalue weighted by Gasteiger charge is 2.46. The quantitative estimate of drug-likeness (QED) is 0.0415. The Hall–Kier alpha value is -6.23. The highest BCUT2D eigenvalue weighted by molar-refractivity contribution is 8.00. The maximum atomic E-state index is 15.8. The summed E-state index contributed by atoms with van der Waals surface area (Å²) in [6.45, 7) is 8.01. The molecule has 3 aromatic rings. The zero-order chi connectivity index (χ0) is 44.2. The molecule has 0 aliphatic carbocycles. The Balaban J connectivity index is 1.44. The van der Waals surface area contributed by atoms with Crippen molar-refractivity contribution in [1.29, 1.82) is 5.26 Å². The van der Waals surface area contributed by atoms with Crippen molar-refractivity contribution in [2.45, 2.75) is 61.2 Å². The first-order valence-electron chi connectivity index (χ1n) is 18.8. The lowest BCUT2D eigenvalue weighted by Gasteiger charge is -2.40. The molecule has 0 saturated carbocycles. The van der Waals surface area contributed by atoms with Crippen LogP contribution in [0.15, 0.2) is 92.6 Å². The van der Waals surface area contributed by atoms with Gasteiger partial charge in [-0.25, -0.2) is 32.4 Å². The minimum atomic E-state index is -1.82. The zero-order valence-electron chi connectivity index (χ0n) is 33.1. The maximum Gasteiger partial charge on any atom is 0.408 e. The smallest absolute Gasteiger partial charge is 0.408 e. The number of thioether (sulfide) groups is 1. The molecule has 0 radical (unpaired) electrons. The van der Waals surface area contributed by atoms with Gasteiger partial charge < -0.3 is 33.7 Å². The number of amides is 1. The van der Waals surface area contributed by atoms with Gasteiger partial charge in [-0.15, -0.1) is 11.8 Å². The predicted octanol–water partition coefficient (Wildman–Crippen LogP) is 5.86. The van der Waals surface area contributed by atoms with Crippen LogP contribution in [-0.4, -0.2) is 94.6 Å². The SMILES string of the molecule is C=CCOC(=O)C[C@H](NC(=O)OCC=C)C(=O)OCCCC(=O)O[C@@](Cn1cncn1)(c1ccc(F)cc1F)[C@@H](C)SC1COC(C=CC=Cc2ccc(C#N)cc2F)OC1. The van der Waals surface area contributed by atoms with Crippen LogP contribution in [-0.2, 0) is 55.0 Å². The van der Waals surface area contributed by atoms with E-state index in [1.165, 1.54) is 65.5 Å². The third-order valence-electron chi connectivity index (χ3n) is 8.69. The number of hydrogen-bond donors (Lipinski definition) is 1. The van der Waals surface area contributed by atoms with Gasteiger partial charge in [0.25, 0.3) is 0 Å². The third kappa shape index (κ3) is 14.8. The lowest BCUT2D eigenvalue weighted by atomic mass is 9.89. The molecule has 19 heteroatoms. The molecule has 1 N–H and O–H groups in total. The van der Waals surface area contributed by atoms with Crippen molar-refractivity contribution < 1.29 is 60.8 Å². The fourth-order valence-electron chi connectivity index (χ4n) is 5.76. The molecule has 1 aromatic heterocycles. The van der Waals surface area contributed by atoms with Crippen LogP contribution in [0.1, 0.15) is 42.9 Å². The molecular formula is C42H44F3N5O10S. The molecule has 4 rings (SSSR count). The van der Waals surface area contributed by atoms with Crippen LogP contribution < -0.4 is 5.32 Å². The van der Waals surface area contributed by atoms with E-state index in [4.69, 9.17) is 33.7 Å². The van der Waals surface area contributed by atoms with Crippen molar-refractivity contribution >= 4 is 41.8 Å². The molecule has 1 aliphatic heterocycles. The topological polar surface area (TPSA) is 190 Å². The van der Waals surface area contributed by atoms with E-state index in [2.05, 4.69) is 28.6 Å². The number of carbonyl (C=O) groups excluding carboxylic acids is 4. The van der Waals surface area contributed by atoms with E-state index in [0.717, 1.165) is 12.1 Å². The molecule has 0 bridgehead atoms. The van der Waals surface area contributed by atoms with E-state index in [1.807, 2.05) is 6.07 Å². The summed E-state index contributed by atoms with van der Waals surface area (Å²) in [7, 11) is 0. The monoisotopic (exact) mass is 867 g/mol. The summed E-state index contributed by atoms with van der Waals surface area (Å²) in [6.07, 6.45) is 8.80. The molecule has 0 unspecified atom stereocenters. The Kier molecular flexibility index (Phi) is 18.8. The molecule has 1 saturated heterocycles. The van der Waals surface area contributed by atoms with Crippen LogP contribution in [0.4, 0.5) is 18.0 Å². The summed E-state index contributed by atoms with van der Waals surface area (Å²) in [5, 5.41) is 14.2. The van der Waals surface area contributed by atoms with Gasteiger partial charge in [0.05, 0.1) is 49.7 Å². The van der Waals surface area contributed by atoms with Gasteiger partial charge in [-0.3, -0.25) is 9.59 Å². The second kappa shape index (κ2) is 24.1. The van der Waals surface area contributed by atoms with Gasteiger partial charge in [-0.2, -0.15) is 10.4 Å². The minimum Gasteiger partial charge on any atom is -0.464 e. The van der Waals surface area contributed by atoms with Crippen molar-refractivity contribution in [3.63, 3.8) is 0 Å². The summed E-state index contributed by atoms with van der Waals surface area (Å²) < 4.78 is 78.5. The molecule has 1 fully saturated rings. The van der Waals surface area contributed by atoms with Crippen LogP contribution in [0, 0.1) is 28.8 Å². The lowest BCUT2D eigenvalue weighted by Crippen LogP contribution is -2.47. The Morgan fingerprint density at radius 2 is 1.79 bits per heavy atom. The van der Waals surface area contributed by atoms with Crippen molar-refractivity contribution in [2.24, 2.45) is 0 Å². The summed E-state index contributed by atoms with van der Waals surface area (Å²) in [5.74, 6) is -5.06. The number of nitrogens with one attached hydrogen (secondary N) is 1. The van der Waals surface area contributed by atoms with Gasteiger partial charge >= 0.3 is 24.0 Å². The first-order valence-corrected chi connectivity index (χ1v) is 19.7. The minimum absolute atomic E-state index is 0.0945. The molecular weight excluding hydrogens is 824 g/mol. The van der Waals surface area contributed by atoms with Gasteiger partial charge in [0.15, 0.2) is 11.9 Å². The van der Waals surface area contributed by atoms with Crippen LogP contribution in [0.3, 0.4) is 0 Å². The molecule has 1 amide bonds. The van der Waals surface area contributed by atoms with Gasteiger partial charge in [0.2, 0.25) is 0 Å².